The molecule has 0 unspecified atom stereocenters. The first-order valence-corrected chi connectivity index (χ1v) is 6.91. The topological polar surface area (TPSA) is 52.7 Å². The van der Waals surface area contributed by atoms with Gasteiger partial charge in [-0.15, -0.1) is 0 Å². The number of benzene rings is 1. The molecule has 2 atom stereocenters. The highest BCUT2D eigenvalue weighted by Gasteiger charge is 2.53. The number of amides is 3. The molecular weight excluding hydrogens is 254 g/mol. The second-order valence-electron chi connectivity index (χ2n) is 5.41. The molecule has 1 aromatic carbocycles. The van der Waals surface area contributed by atoms with Crippen LogP contribution in [0.4, 0.5) is 4.79 Å². The van der Waals surface area contributed by atoms with Crippen LogP contribution in [0.1, 0.15) is 17.9 Å². The van der Waals surface area contributed by atoms with E-state index in [-0.39, 0.29) is 18.0 Å². The second-order valence-corrected chi connectivity index (χ2v) is 5.41. The van der Waals surface area contributed by atoms with Crippen molar-refractivity contribution >= 4 is 11.9 Å². The molecule has 2 aliphatic heterocycles. The van der Waals surface area contributed by atoms with Crippen molar-refractivity contribution in [2.75, 3.05) is 13.1 Å². The first kappa shape index (κ1) is 11.5. The Hall–Kier alpha value is -2.30. The van der Waals surface area contributed by atoms with E-state index in [9.17, 15) is 9.59 Å². The number of hydrogen-bond acceptors (Lipinski definition) is 3. The van der Waals surface area contributed by atoms with E-state index in [0.717, 1.165) is 6.42 Å². The summed E-state index contributed by atoms with van der Waals surface area (Å²) in [5.74, 6) is 0.129. The van der Waals surface area contributed by atoms with Crippen LogP contribution in [0, 0.1) is 0 Å². The van der Waals surface area contributed by atoms with Gasteiger partial charge in [-0.05, 0) is 12.0 Å². The molecule has 1 aliphatic carbocycles. The zero-order chi connectivity index (χ0) is 13.7. The van der Waals surface area contributed by atoms with Gasteiger partial charge in [0.2, 0.25) is 0 Å². The first-order chi connectivity index (χ1) is 9.77. The number of urea groups is 1. The van der Waals surface area contributed by atoms with E-state index in [1.165, 1.54) is 10.5 Å². The summed E-state index contributed by atoms with van der Waals surface area (Å²) in [5, 5.41) is 3.03. The fraction of sp³-hybridized carbons (Fsp3) is 0.333. The normalized spacial score (nSPS) is 28.1. The van der Waals surface area contributed by atoms with Crippen molar-refractivity contribution in [3.8, 4) is 0 Å². The van der Waals surface area contributed by atoms with Gasteiger partial charge in [0, 0.05) is 31.2 Å². The van der Waals surface area contributed by atoms with Crippen LogP contribution < -0.4 is 5.32 Å². The van der Waals surface area contributed by atoms with Gasteiger partial charge in [0.05, 0.1) is 0 Å². The molecule has 5 heteroatoms. The van der Waals surface area contributed by atoms with Crippen molar-refractivity contribution in [3.05, 3.63) is 47.8 Å². The third-order valence-corrected chi connectivity index (χ3v) is 4.20. The number of imide groups is 1. The Balaban J connectivity index is 1.59. The molecule has 5 nitrogen and oxygen atoms in total. The molecule has 0 bridgehead atoms. The summed E-state index contributed by atoms with van der Waals surface area (Å²) < 4.78 is 0. The minimum absolute atomic E-state index is 0.0175. The molecule has 3 amide bonds. The quantitative estimate of drug-likeness (QED) is 0.822. The molecule has 1 saturated carbocycles. The largest absolute Gasteiger partial charge is 0.387 e. The number of carbonyl (C=O) groups excluding carboxylic acids is 2. The number of fused-ring (bicyclic) bond motifs is 1. The van der Waals surface area contributed by atoms with E-state index in [1.807, 2.05) is 18.2 Å². The van der Waals surface area contributed by atoms with Crippen LogP contribution in [-0.4, -0.2) is 40.9 Å². The van der Waals surface area contributed by atoms with Gasteiger partial charge in [-0.1, -0.05) is 30.3 Å². The number of carbonyl (C=O) groups is 2. The maximum Gasteiger partial charge on any atom is 0.332 e. The van der Waals surface area contributed by atoms with E-state index < -0.39 is 0 Å². The lowest BCUT2D eigenvalue weighted by atomic mass is 10.1. The Kier molecular flexibility index (Phi) is 2.36. The smallest absolute Gasteiger partial charge is 0.332 e. The van der Waals surface area contributed by atoms with E-state index in [4.69, 9.17) is 0 Å². The van der Waals surface area contributed by atoms with Gasteiger partial charge in [0.25, 0.3) is 5.91 Å². The Morgan fingerprint density at radius 1 is 1.15 bits per heavy atom. The van der Waals surface area contributed by atoms with Crippen LogP contribution in [0.3, 0.4) is 0 Å². The van der Waals surface area contributed by atoms with Crippen LogP contribution in [0.5, 0.6) is 0 Å². The molecule has 4 rings (SSSR count). The van der Waals surface area contributed by atoms with Gasteiger partial charge in [-0.3, -0.25) is 14.6 Å². The minimum atomic E-state index is -0.161. The molecule has 3 aliphatic rings. The maximum atomic E-state index is 12.4. The van der Waals surface area contributed by atoms with E-state index in [1.54, 1.807) is 11.1 Å². The lowest BCUT2D eigenvalue weighted by molar-refractivity contribution is -0.123. The van der Waals surface area contributed by atoms with Gasteiger partial charge < -0.3 is 5.32 Å². The minimum Gasteiger partial charge on any atom is -0.387 e. The third kappa shape index (κ3) is 1.56. The molecular formula is C15H15N3O2. The average Bonchev–Trinajstić information content (AvgIpc) is 3.24. The monoisotopic (exact) mass is 269 g/mol. The molecule has 1 aromatic rings. The van der Waals surface area contributed by atoms with Crippen LogP contribution in [-0.2, 0) is 4.79 Å². The Labute approximate surface area is 116 Å². The lowest BCUT2D eigenvalue weighted by Gasteiger charge is -2.20. The Morgan fingerprint density at radius 3 is 2.70 bits per heavy atom. The summed E-state index contributed by atoms with van der Waals surface area (Å²) in [5.41, 5.74) is 1.69. The van der Waals surface area contributed by atoms with Crippen molar-refractivity contribution < 1.29 is 9.59 Å². The van der Waals surface area contributed by atoms with E-state index in [0.29, 0.717) is 24.7 Å². The fourth-order valence-electron chi connectivity index (χ4n) is 3.08. The third-order valence-electron chi connectivity index (χ3n) is 4.20. The zero-order valence-corrected chi connectivity index (χ0v) is 11.0. The summed E-state index contributed by atoms with van der Waals surface area (Å²) in [6.07, 6.45) is 2.53. The second kappa shape index (κ2) is 4.10. The molecule has 20 heavy (non-hydrogen) atoms. The highest BCUT2D eigenvalue weighted by molar-refractivity contribution is 6.12. The van der Waals surface area contributed by atoms with Gasteiger partial charge in [0.15, 0.2) is 0 Å². The number of rotatable bonds is 2. The van der Waals surface area contributed by atoms with Gasteiger partial charge in [-0.2, -0.15) is 0 Å². The van der Waals surface area contributed by atoms with Gasteiger partial charge >= 0.3 is 6.03 Å². The molecule has 1 saturated heterocycles. The van der Waals surface area contributed by atoms with E-state index >= 15 is 0 Å². The summed E-state index contributed by atoms with van der Waals surface area (Å²) >= 11 is 0. The van der Waals surface area contributed by atoms with Crippen molar-refractivity contribution in [2.45, 2.75) is 18.4 Å². The molecule has 1 N–H and O–H groups in total. The lowest BCUT2D eigenvalue weighted by Crippen LogP contribution is -2.38. The maximum absolute atomic E-state index is 12.4. The summed E-state index contributed by atoms with van der Waals surface area (Å²) in [6.45, 7) is 1.26. The molecule has 102 valence electrons. The summed E-state index contributed by atoms with van der Waals surface area (Å²) in [6, 6.07) is 9.94. The molecule has 2 heterocycles. The number of nitrogens with zero attached hydrogens (tertiary/aromatic N) is 2. The molecule has 0 spiro atoms. The van der Waals surface area contributed by atoms with Crippen molar-refractivity contribution in [1.82, 2.24) is 15.1 Å². The predicted molar refractivity (Wildman–Crippen MR) is 72.6 cm³/mol. The van der Waals surface area contributed by atoms with Crippen molar-refractivity contribution in [2.24, 2.45) is 0 Å². The highest BCUT2D eigenvalue weighted by atomic mass is 16.2. The standard InChI is InChI=1S/C15H15N3O2/c19-14-13-9-16-6-7-17(13)15(20)18(14)12-8-11(12)10-4-2-1-3-5-10/h1-5,9,11-12,16H,6-8H2/t11-,12+/m1/s1. The molecule has 0 radical (unpaired) electrons. The van der Waals surface area contributed by atoms with Crippen LogP contribution in [0.2, 0.25) is 0 Å². The van der Waals surface area contributed by atoms with Crippen molar-refractivity contribution in [1.29, 1.82) is 0 Å². The van der Waals surface area contributed by atoms with Crippen molar-refractivity contribution in [3.63, 3.8) is 0 Å². The molecule has 2 fully saturated rings. The SMILES string of the molecule is O=C1C2=CNCCN2C(=O)N1[C@H]1C[C@@H]1c1ccccc1. The van der Waals surface area contributed by atoms with Crippen LogP contribution in [0.15, 0.2) is 42.2 Å². The Morgan fingerprint density at radius 2 is 1.95 bits per heavy atom. The Bertz CT molecular complexity index is 611. The molecule has 0 aromatic heterocycles. The number of nitrogens with one attached hydrogen (secondary N) is 1. The number of hydrogen-bond donors (Lipinski definition) is 1. The zero-order valence-electron chi connectivity index (χ0n) is 11.0. The van der Waals surface area contributed by atoms with E-state index in [2.05, 4.69) is 17.4 Å². The van der Waals surface area contributed by atoms with Crippen LogP contribution >= 0.6 is 0 Å². The average molecular weight is 269 g/mol. The van der Waals surface area contributed by atoms with Crippen LogP contribution in [0.25, 0.3) is 0 Å². The first-order valence-electron chi connectivity index (χ1n) is 6.91. The predicted octanol–water partition coefficient (Wildman–Crippen LogP) is 1.25. The highest BCUT2D eigenvalue weighted by Crippen LogP contribution is 2.47. The summed E-state index contributed by atoms with van der Waals surface area (Å²) in [4.78, 5) is 27.8. The summed E-state index contributed by atoms with van der Waals surface area (Å²) in [7, 11) is 0. The fourth-order valence-corrected chi connectivity index (χ4v) is 3.08. The van der Waals surface area contributed by atoms with Gasteiger partial charge in [0.1, 0.15) is 5.70 Å². The van der Waals surface area contributed by atoms with Gasteiger partial charge in [-0.25, -0.2) is 4.79 Å².